The van der Waals surface area contributed by atoms with E-state index >= 15 is 0 Å². The summed E-state index contributed by atoms with van der Waals surface area (Å²) in [6, 6.07) is 13.4. The highest BCUT2D eigenvalue weighted by Gasteiger charge is 2.12. The maximum Gasteiger partial charge on any atom is 0.221 e. The van der Waals surface area contributed by atoms with Gasteiger partial charge in [-0.3, -0.25) is 9.78 Å². The molecule has 4 rings (SSSR count). The molecule has 4 aromatic rings. The summed E-state index contributed by atoms with van der Waals surface area (Å²) in [5.41, 5.74) is 2.50. The molecule has 2 N–H and O–H groups in total. The van der Waals surface area contributed by atoms with Crippen LogP contribution in [0.25, 0.3) is 21.6 Å². The van der Waals surface area contributed by atoms with Gasteiger partial charge in [-0.25, -0.2) is 9.97 Å². The lowest BCUT2D eigenvalue weighted by Crippen LogP contribution is -2.05. The van der Waals surface area contributed by atoms with E-state index in [0.29, 0.717) is 5.82 Å². The van der Waals surface area contributed by atoms with Crippen LogP contribution in [-0.4, -0.2) is 20.9 Å². The molecule has 6 nitrogen and oxygen atoms in total. The second-order valence-electron chi connectivity index (χ2n) is 6.10. The number of carbonyl (C=O) groups is 1. The Morgan fingerprint density at radius 2 is 1.85 bits per heavy atom. The van der Waals surface area contributed by atoms with E-state index < -0.39 is 0 Å². The fourth-order valence-corrected chi connectivity index (χ4v) is 3.62. The van der Waals surface area contributed by atoms with Crippen LogP contribution in [0.2, 0.25) is 0 Å². The molecule has 0 saturated carbocycles. The van der Waals surface area contributed by atoms with Crippen LogP contribution < -0.4 is 10.6 Å². The van der Waals surface area contributed by atoms with Crippen molar-refractivity contribution in [2.24, 2.45) is 0 Å². The third-order valence-corrected chi connectivity index (χ3v) is 4.85. The van der Waals surface area contributed by atoms with Gasteiger partial charge in [0, 0.05) is 41.1 Å². The molecule has 7 heteroatoms. The number of anilines is 3. The van der Waals surface area contributed by atoms with Crippen molar-refractivity contribution in [3.8, 4) is 11.4 Å². The summed E-state index contributed by atoms with van der Waals surface area (Å²) in [5, 5.41) is 7.12. The summed E-state index contributed by atoms with van der Waals surface area (Å²) in [5.74, 6) is 1.29. The van der Waals surface area contributed by atoms with Crippen LogP contribution in [0, 0.1) is 6.92 Å². The van der Waals surface area contributed by atoms with E-state index in [9.17, 15) is 4.79 Å². The molecular formula is C20H17N5OS. The molecule has 0 atom stereocenters. The number of aromatic nitrogens is 3. The number of aryl methyl sites for hydroxylation is 1. The van der Waals surface area contributed by atoms with Gasteiger partial charge in [0.25, 0.3) is 0 Å². The predicted molar refractivity (Wildman–Crippen MR) is 109 cm³/mol. The maximum atomic E-state index is 11.2. The average molecular weight is 375 g/mol. The molecule has 134 valence electrons. The number of nitrogens with zero attached hydrogens (tertiary/aromatic N) is 3. The first-order chi connectivity index (χ1) is 13.1. The number of thiophene rings is 1. The van der Waals surface area contributed by atoms with E-state index in [-0.39, 0.29) is 5.91 Å². The van der Waals surface area contributed by atoms with Gasteiger partial charge in [-0.2, -0.15) is 0 Å². The van der Waals surface area contributed by atoms with Gasteiger partial charge in [0.1, 0.15) is 10.6 Å². The lowest BCUT2D eigenvalue weighted by Gasteiger charge is -2.10. The number of pyridine rings is 1. The number of nitrogens with one attached hydrogen (secondary N) is 2. The molecule has 1 aromatic carbocycles. The molecule has 0 spiro atoms. The Morgan fingerprint density at radius 3 is 2.56 bits per heavy atom. The van der Waals surface area contributed by atoms with E-state index in [1.807, 2.05) is 36.4 Å². The Hall–Kier alpha value is -3.32. The summed E-state index contributed by atoms with van der Waals surface area (Å²) < 4.78 is 0. The zero-order valence-electron chi connectivity index (χ0n) is 14.9. The number of benzene rings is 1. The van der Waals surface area contributed by atoms with Crippen LogP contribution in [0.5, 0.6) is 0 Å². The third kappa shape index (κ3) is 3.78. The minimum absolute atomic E-state index is 0.0944. The summed E-state index contributed by atoms with van der Waals surface area (Å²) >= 11 is 1.64. The van der Waals surface area contributed by atoms with Crippen molar-refractivity contribution in [3.05, 3.63) is 59.7 Å². The molecule has 0 saturated heterocycles. The number of carbonyl (C=O) groups excluding carboxylic acids is 1. The Labute approximate surface area is 160 Å². The molecule has 0 bridgehead atoms. The van der Waals surface area contributed by atoms with Gasteiger partial charge in [0.05, 0.1) is 5.39 Å². The zero-order chi connectivity index (χ0) is 18.8. The maximum absolute atomic E-state index is 11.2. The molecule has 0 unspecified atom stereocenters. The van der Waals surface area contributed by atoms with Crippen molar-refractivity contribution in [2.75, 3.05) is 10.6 Å². The van der Waals surface area contributed by atoms with Gasteiger partial charge in [0.15, 0.2) is 5.82 Å². The van der Waals surface area contributed by atoms with Crippen molar-refractivity contribution in [2.45, 2.75) is 13.8 Å². The highest BCUT2D eigenvalue weighted by molar-refractivity contribution is 7.18. The van der Waals surface area contributed by atoms with Gasteiger partial charge in [-0.05, 0) is 49.4 Å². The minimum Gasteiger partial charge on any atom is -0.340 e. The molecule has 0 aliphatic carbocycles. The number of hydrogen-bond acceptors (Lipinski definition) is 6. The number of amides is 1. The highest BCUT2D eigenvalue weighted by Crippen LogP contribution is 2.32. The van der Waals surface area contributed by atoms with Gasteiger partial charge in [0.2, 0.25) is 5.91 Å². The molecule has 0 aliphatic rings. The monoisotopic (exact) mass is 375 g/mol. The predicted octanol–water partition coefficient (Wildman–Crippen LogP) is 4.76. The van der Waals surface area contributed by atoms with Crippen molar-refractivity contribution in [1.29, 1.82) is 0 Å². The van der Waals surface area contributed by atoms with E-state index in [0.717, 1.165) is 33.0 Å². The van der Waals surface area contributed by atoms with Crippen molar-refractivity contribution < 1.29 is 4.79 Å². The summed E-state index contributed by atoms with van der Waals surface area (Å²) in [6.45, 7) is 3.55. The van der Waals surface area contributed by atoms with E-state index in [1.165, 1.54) is 11.8 Å². The molecule has 0 fully saturated rings. The smallest absolute Gasteiger partial charge is 0.221 e. The Bertz CT molecular complexity index is 1110. The van der Waals surface area contributed by atoms with Crippen molar-refractivity contribution in [1.82, 2.24) is 15.0 Å². The highest BCUT2D eigenvalue weighted by atomic mass is 32.1. The molecule has 0 radical (unpaired) electrons. The molecule has 27 heavy (non-hydrogen) atoms. The van der Waals surface area contributed by atoms with Gasteiger partial charge in [-0.1, -0.05) is 0 Å². The normalized spacial score (nSPS) is 10.7. The second-order valence-corrected chi connectivity index (χ2v) is 7.33. The van der Waals surface area contributed by atoms with Crippen molar-refractivity contribution in [3.63, 3.8) is 0 Å². The van der Waals surface area contributed by atoms with Gasteiger partial charge in [-0.15, -0.1) is 11.3 Å². The fraction of sp³-hybridized carbons (Fsp3) is 0.100. The van der Waals surface area contributed by atoms with Gasteiger partial charge >= 0.3 is 0 Å². The first-order valence-corrected chi connectivity index (χ1v) is 9.23. The van der Waals surface area contributed by atoms with Crippen molar-refractivity contribution >= 4 is 44.7 Å². The van der Waals surface area contributed by atoms with E-state index in [1.54, 1.807) is 23.7 Å². The fourth-order valence-electron chi connectivity index (χ4n) is 2.74. The number of fused-ring (bicyclic) bond motifs is 1. The topological polar surface area (TPSA) is 79.8 Å². The lowest BCUT2D eigenvalue weighted by molar-refractivity contribution is -0.114. The lowest BCUT2D eigenvalue weighted by atomic mass is 10.2. The third-order valence-electron chi connectivity index (χ3n) is 3.90. The Morgan fingerprint density at radius 1 is 1.07 bits per heavy atom. The molecule has 3 aromatic heterocycles. The van der Waals surface area contributed by atoms with Crippen LogP contribution in [0.1, 0.15) is 11.8 Å². The zero-order valence-corrected chi connectivity index (χ0v) is 15.7. The minimum atomic E-state index is -0.0944. The molecule has 1 amide bonds. The average Bonchev–Trinajstić information content (AvgIpc) is 3.04. The molecular weight excluding hydrogens is 358 g/mol. The first-order valence-electron chi connectivity index (χ1n) is 8.42. The number of rotatable bonds is 4. The van der Waals surface area contributed by atoms with Crippen LogP contribution in [0.4, 0.5) is 17.2 Å². The summed E-state index contributed by atoms with van der Waals surface area (Å²) in [6.07, 6.45) is 3.49. The Balaban J connectivity index is 1.73. The Kier molecular flexibility index (Phi) is 4.52. The van der Waals surface area contributed by atoms with Crippen LogP contribution in [0.3, 0.4) is 0 Å². The largest absolute Gasteiger partial charge is 0.340 e. The SMILES string of the molecule is CC(=O)Nc1ccc(Nc2nc(-c3cccnc3)nc3sc(C)cc23)cc1. The van der Waals surface area contributed by atoms with Crippen LogP contribution >= 0.6 is 11.3 Å². The summed E-state index contributed by atoms with van der Waals surface area (Å²) in [7, 11) is 0. The summed E-state index contributed by atoms with van der Waals surface area (Å²) in [4.78, 5) is 26.8. The van der Waals surface area contributed by atoms with Crippen LogP contribution in [-0.2, 0) is 4.79 Å². The molecule has 3 heterocycles. The second kappa shape index (κ2) is 7.13. The van der Waals surface area contributed by atoms with E-state index in [4.69, 9.17) is 9.97 Å². The quantitative estimate of drug-likeness (QED) is 0.537. The standard InChI is InChI=1S/C20H17N5OS/c1-12-10-17-19(23-16-7-5-15(6-8-16)22-13(2)26)24-18(25-20(17)27-12)14-4-3-9-21-11-14/h3-11H,1-2H3,(H,22,26)(H,23,24,25). The number of hydrogen-bond donors (Lipinski definition) is 2. The first kappa shape index (κ1) is 17.1. The van der Waals surface area contributed by atoms with Crippen LogP contribution in [0.15, 0.2) is 54.9 Å². The molecule has 0 aliphatic heterocycles. The van der Waals surface area contributed by atoms with Gasteiger partial charge < -0.3 is 10.6 Å². The van der Waals surface area contributed by atoms with E-state index in [2.05, 4.69) is 28.6 Å².